The van der Waals surface area contributed by atoms with Crippen LogP contribution in [0.4, 0.5) is 0 Å². The molecule has 8 aromatic rings. The molecular formula is C34H20OS. The summed E-state index contributed by atoms with van der Waals surface area (Å²) in [6, 6.07) is 43.6. The Hall–Kier alpha value is -4.40. The second-order valence-electron chi connectivity index (χ2n) is 9.30. The van der Waals surface area contributed by atoms with Gasteiger partial charge in [-0.25, -0.2) is 0 Å². The zero-order chi connectivity index (χ0) is 23.6. The zero-order valence-corrected chi connectivity index (χ0v) is 20.2. The third kappa shape index (κ3) is 2.82. The molecule has 0 atom stereocenters. The Morgan fingerprint density at radius 2 is 1.03 bits per heavy atom. The second kappa shape index (κ2) is 7.55. The summed E-state index contributed by atoms with van der Waals surface area (Å²) in [4.78, 5) is 1.29. The molecule has 2 aromatic heterocycles. The molecule has 0 spiro atoms. The third-order valence-corrected chi connectivity index (χ3v) is 8.37. The van der Waals surface area contributed by atoms with Gasteiger partial charge >= 0.3 is 0 Å². The maximum Gasteiger partial charge on any atom is 0.136 e. The molecule has 0 saturated heterocycles. The number of para-hydroxylation sites is 1. The molecule has 2 heterocycles. The van der Waals surface area contributed by atoms with Crippen molar-refractivity contribution in [1.82, 2.24) is 0 Å². The standard InChI is InChI=1S/C34H20OS/c1-2-10-21(11-3-1)33-24-13-4-6-15-26(24)34(27-16-7-5-14-25(27)33)32-19-22-18-30-28(20-31(22)36-32)23-12-8-9-17-29(23)35-30/h1-20H. The Balaban J connectivity index is 1.46. The Labute approximate surface area is 211 Å². The number of hydrogen-bond donors (Lipinski definition) is 0. The van der Waals surface area contributed by atoms with Crippen molar-refractivity contribution in [3.05, 3.63) is 121 Å². The molecule has 36 heavy (non-hydrogen) atoms. The van der Waals surface area contributed by atoms with E-state index in [0.717, 1.165) is 11.2 Å². The van der Waals surface area contributed by atoms with Gasteiger partial charge in [-0.3, -0.25) is 0 Å². The van der Waals surface area contributed by atoms with E-state index in [1.54, 1.807) is 0 Å². The SMILES string of the molecule is c1ccc(-c2c3ccccc3c(-c3cc4cc5oc6ccccc6c5cc4s3)c3ccccc23)cc1. The molecule has 0 fully saturated rings. The van der Waals surface area contributed by atoms with Gasteiger partial charge in [0.25, 0.3) is 0 Å². The minimum absolute atomic E-state index is 0.943. The predicted molar refractivity (Wildman–Crippen MR) is 155 cm³/mol. The lowest BCUT2D eigenvalue weighted by Crippen LogP contribution is -1.89. The average molecular weight is 477 g/mol. The topological polar surface area (TPSA) is 13.1 Å². The van der Waals surface area contributed by atoms with E-state index in [0.29, 0.717) is 0 Å². The molecule has 2 heteroatoms. The van der Waals surface area contributed by atoms with Crippen LogP contribution in [-0.4, -0.2) is 0 Å². The van der Waals surface area contributed by atoms with Crippen molar-refractivity contribution in [3.63, 3.8) is 0 Å². The summed E-state index contributed by atoms with van der Waals surface area (Å²) in [7, 11) is 0. The Bertz CT molecular complexity index is 2040. The van der Waals surface area contributed by atoms with Gasteiger partial charge in [-0.2, -0.15) is 0 Å². The van der Waals surface area contributed by atoms with Gasteiger partial charge in [-0.05, 0) is 62.3 Å². The van der Waals surface area contributed by atoms with Crippen molar-refractivity contribution >= 4 is 64.9 Å². The van der Waals surface area contributed by atoms with Crippen LogP contribution in [-0.2, 0) is 0 Å². The van der Waals surface area contributed by atoms with Gasteiger partial charge in [0.1, 0.15) is 11.2 Å². The minimum Gasteiger partial charge on any atom is -0.456 e. The molecule has 0 saturated carbocycles. The van der Waals surface area contributed by atoms with Crippen LogP contribution < -0.4 is 0 Å². The quantitative estimate of drug-likeness (QED) is 0.226. The third-order valence-electron chi connectivity index (χ3n) is 7.26. The fourth-order valence-corrected chi connectivity index (χ4v) is 6.85. The number of rotatable bonds is 2. The van der Waals surface area contributed by atoms with Crippen LogP contribution >= 0.6 is 11.3 Å². The Kier molecular flexibility index (Phi) is 4.16. The molecule has 0 N–H and O–H groups in total. The first kappa shape index (κ1) is 19.9. The average Bonchev–Trinajstić information content (AvgIpc) is 3.51. The van der Waals surface area contributed by atoms with Crippen molar-refractivity contribution in [2.45, 2.75) is 0 Å². The Morgan fingerprint density at radius 3 is 1.72 bits per heavy atom. The van der Waals surface area contributed by atoms with Gasteiger partial charge in [0.05, 0.1) is 0 Å². The van der Waals surface area contributed by atoms with Crippen molar-refractivity contribution in [2.24, 2.45) is 0 Å². The van der Waals surface area contributed by atoms with Crippen LogP contribution in [0.1, 0.15) is 0 Å². The highest BCUT2D eigenvalue weighted by molar-refractivity contribution is 7.22. The lowest BCUT2D eigenvalue weighted by Gasteiger charge is -2.16. The number of benzene rings is 6. The number of furan rings is 1. The molecule has 6 aromatic carbocycles. The minimum atomic E-state index is 0.943. The van der Waals surface area contributed by atoms with Gasteiger partial charge in [-0.1, -0.05) is 97.1 Å². The molecule has 0 radical (unpaired) electrons. The molecule has 0 unspecified atom stereocenters. The first-order chi connectivity index (χ1) is 17.8. The van der Waals surface area contributed by atoms with E-state index in [1.807, 2.05) is 23.5 Å². The molecule has 8 rings (SSSR count). The number of fused-ring (bicyclic) bond motifs is 6. The first-order valence-electron chi connectivity index (χ1n) is 12.2. The van der Waals surface area contributed by atoms with E-state index >= 15 is 0 Å². The summed E-state index contributed by atoms with van der Waals surface area (Å²) in [5.41, 5.74) is 5.75. The fourth-order valence-electron chi connectivity index (χ4n) is 5.69. The second-order valence-corrected chi connectivity index (χ2v) is 10.4. The Morgan fingerprint density at radius 1 is 0.444 bits per heavy atom. The normalized spacial score (nSPS) is 11.9. The summed E-state index contributed by atoms with van der Waals surface area (Å²) < 4.78 is 7.47. The van der Waals surface area contributed by atoms with Crippen molar-refractivity contribution in [3.8, 4) is 21.6 Å². The van der Waals surface area contributed by atoms with Crippen molar-refractivity contribution in [2.75, 3.05) is 0 Å². The van der Waals surface area contributed by atoms with Crippen molar-refractivity contribution < 1.29 is 4.42 Å². The summed E-state index contributed by atoms with van der Waals surface area (Å²) in [6.07, 6.45) is 0. The van der Waals surface area contributed by atoms with Crippen LogP contribution in [0, 0.1) is 0 Å². The van der Waals surface area contributed by atoms with Crippen molar-refractivity contribution in [1.29, 1.82) is 0 Å². The highest BCUT2D eigenvalue weighted by Crippen LogP contribution is 2.47. The summed E-state index contributed by atoms with van der Waals surface area (Å²) in [5.74, 6) is 0. The molecule has 0 aliphatic rings. The highest BCUT2D eigenvalue weighted by Gasteiger charge is 2.18. The molecule has 0 amide bonds. The van der Waals surface area contributed by atoms with Gasteiger partial charge in [0.15, 0.2) is 0 Å². The molecular weight excluding hydrogens is 456 g/mol. The first-order valence-corrected chi connectivity index (χ1v) is 13.0. The molecule has 168 valence electrons. The van der Waals surface area contributed by atoms with Gasteiger partial charge in [0, 0.05) is 25.9 Å². The van der Waals surface area contributed by atoms with Crippen LogP contribution in [0.25, 0.3) is 75.1 Å². The van der Waals surface area contributed by atoms with E-state index in [-0.39, 0.29) is 0 Å². The molecule has 0 bridgehead atoms. The zero-order valence-electron chi connectivity index (χ0n) is 19.4. The fraction of sp³-hybridized carbons (Fsp3) is 0. The monoisotopic (exact) mass is 476 g/mol. The van der Waals surface area contributed by atoms with E-state index in [9.17, 15) is 0 Å². The van der Waals surface area contributed by atoms with Gasteiger partial charge in [0.2, 0.25) is 0 Å². The maximum atomic E-state index is 6.19. The van der Waals surface area contributed by atoms with Gasteiger partial charge < -0.3 is 4.42 Å². The van der Waals surface area contributed by atoms with Crippen LogP contribution in [0.2, 0.25) is 0 Å². The van der Waals surface area contributed by atoms with Gasteiger partial charge in [-0.15, -0.1) is 11.3 Å². The lowest BCUT2D eigenvalue weighted by molar-refractivity contribution is 0.669. The lowest BCUT2D eigenvalue weighted by atomic mass is 9.88. The number of thiophene rings is 1. The van der Waals surface area contributed by atoms with Crippen LogP contribution in [0.15, 0.2) is 126 Å². The molecule has 1 nitrogen and oxygen atoms in total. The molecule has 0 aliphatic heterocycles. The number of hydrogen-bond acceptors (Lipinski definition) is 2. The van der Waals surface area contributed by atoms with E-state index in [2.05, 4.69) is 109 Å². The van der Waals surface area contributed by atoms with E-state index < -0.39 is 0 Å². The van der Waals surface area contributed by atoms with Crippen LogP contribution in [0.3, 0.4) is 0 Å². The largest absolute Gasteiger partial charge is 0.456 e. The summed E-state index contributed by atoms with van der Waals surface area (Å²) in [5, 5.41) is 8.73. The van der Waals surface area contributed by atoms with Crippen LogP contribution in [0.5, 0.6) is 0 Å². The predicted octanol–water partition coefficient (Wildman–Crippen LogP) is 10.4. The smallest absolute Gasteiger partial charge is 0.136 e. The summed E-state index contributed by atoms with van der Waals surface area (Å²) >= 11 is 1.87. The highest BCUT2D eigenvalue weighted by atomic mass is 32.1. The van der Waals surface area contributed by atoms with E-state index in [4.69, 9.17) is 4.42 Å². The maximum absolute atomic E-state index is 6.19. The summed E-state index contributed by atoms with van der Waals surface area (Å²) in [6.45, 7) is 0. The van der Waals surface area contributed by atoms with E-state index in [1.165, 1.54) is 64.0 Å². The molecule has 0 aliphatic carbocycles.